The third-order valence-electron chi connectivity index (χ3n) is 2.72. The largest absolute Gasteiger partial charge is 0.416 e. The van der Waals surface area contributed by atoms with Gasteiger partial charge in [-0.05, 0) is 18.2 Å². The van der Waals surface area contributed by atoms with Crippen molar-refractivity contribution in [2.24, 2.45) is 7.05 Å². The Hall–Kier alpha value is -2.19. The average Bonchev–Trinajstić information content (AvgIpc) is 2.65. The fourth-order valence-electron chi connectivity index (χ4n) is 1.82. The van der Waals surface area contributed by atoms with Crippen molar-refractivity contribution in [1.82, 2.24) is 9.78 Å². The number of nitrogens with zero attached hydrogens (tertiary/aromatic N) is 2. The van der Waals surface area contributed by atoms with Crippen molar-refractivity contribution in [2.45, 2.75) is 12.4 Å². The van der Waals surface area contributed by atoms with Gasteiger partial charge in [0.05, 0.1) is 16.8 Å². The molecule has 2 aromatic rings. The van der Waals surface area contributed by atoms with E-state index in [9.17, 15) is 26.3 Å². The minimum Gasteiger partial charge on any atom is -0.396 e. The van der Waals surface area contributed by atoms with Crippen molar-refractivity contribution < 1.29 is 26.3 Å². The average molecular weight is 309 g/mol. The van der Waals surface area contributed by atoms with Crippen LogP contribution in [0.25, 0.3) is 11.3 Å². The van der Waals surface area contributed by atoms with Gasteiger partial charge in [-0.15, -0.1) is 0 Å². The fraction of sp³-hybridized carbons (Fsp3) is 0.250. The normalized spacial score (nSPS) is 12.7. The van der Waals surface area contributed by atoms with Crippen LogP contribution in [-0.4, -0.2) is 9.78 Å². The highest BCUT2D eigenvalue weighted by molar-refractivity contribution is 5.73. The van der Waals surface area contributed by atoms with Crippen molar-refractivity contribution in [1.29, 1.82) is 0 Å². The summed E-state index contributed by atoms with van der Waals surface area (Å²) in [5.74, 6) is 0. The van der Waals surface area contributed by atoms with Crippen LogP contribution >= 0.6 is 0 Å². The number of alkyl halides is 6. The molecule has 114 valence electrons. The molecular formula is C12H9F6N3. The molecule has 0 spiro atoms. The molecule has 21 heavy (non-hydrogen) atoms. The van der Waals surface area contributed by atoms with E-state index in [0.717, 1.165) is 0 Å². The van der Waals surface area contributed by atoms with Crippen LogP contribution in [0.5, 0.6) is 0 Å². The maximum absolute atomic E-state index is 12.7. The van der Waals surface area contributed by atoms with E-state index in [1.807, 2.05) is 0 Å². The molecule has 0 saturated carbocycles. The molecule has 3 nitrogen and oxygen atoms in total. The Morgan fingerprint density at radius 2 is 1.43 bits per heavy atom. The van der Waals surface area contributed by atoms with E-state index in [1.165, 1.54) is 17.9 Å². The van der Waals surface area contributed by atoms with Gasteiger partial charge in [0.25, 0.3) is 0 Å². The van der Waals surface area contributed by atoms with Gasteiger partial charge in [0.2, 0.25) is 0 Å². The maximum atomic E-state index is 12.7. The first kappa shape index (κ1) is 15.2. The summed E-state index contributed by atoms with van der Waals surface area (Å²) >= 11 is 0. The Morgan fingerprint density at radius 3 is 1.76 bits per heavy atom. The number of benzene rings is 1. The Bertz CT molecular complexity index is 636. The van der Waals surface area contributed by atoms with Crippen LogP contribution in [0.3, 0.4) is 0 Å². The lowest BCUT2D eigenvalue weighted by Gasteiger charge is -2.13. The zero-order valence-corrected chi connectivity index (χ0v) is 10.5. The quantitative estimate of drug-likeness (QED) is 0.816. The summed E-state index contributed by atoms with van der Waals surface area (Å²) in [6.45, 7) is 0. The maximum Gasteiger partial charge on any atom is 0.416 e. The number of hydrogen-bond acceptors (Lipinski definition) is 2. The Morgan fingerprint density at radius 1 is 0.952 bits per heavy atom. The van der Waals surface area contributed by atoms with Crippen molar-refractivity contribution in [3.63, 3.8) is 0 Å². The van der Waals surface area contributed by atoms with Gasteiger partial charge in [-0.3, -0.25) is 4.68 Å². The lowest BCUT2D eigenvalue weighted by molar-refractivity contribution is -0.143. The molecule has 0 radical (unpaired) electrons. The van der Waals surface area contributed by atoms with E-state index in [1.54, 1.807) is 0 Å². The second kappa shape index (κ2) is 4.68. The molecule has 1 heterocycles. The fourth-order valence-corrected chi connectivity index (χ4v) is 1.82. The standard InChI is InChI=1S/C12H9F6N3/c1-21-5-9(19)10(20-21)6-2-7(11(13,14)15)4-8(3-6)12(16,17)18/h2-5H,19H2,1H3. The van der Waals surface area contributed by atoms with Crippen LogP contribution in [0.2, 0.25) is 0 Å². The third-order valence-corrected chi connectivity index (χ3v) is 2.72. The number of hydrogen-bond donors (Lipinski definition) is 1. The molecule has 2 N–H and O–H groups in total. The summed E-state index contributed by atoms with van der Waals surface area (Å²) in [6, 6.07) is 1.24. The summed E-state index contributed by atoms with van der Waals surface area (Å²) in [4.78, 5) is 0. The van der Waals surface area contributed by atoms with E-state index in [2.05, 4.69) is 5.10 Å². The van der Waals surface area contributed by atoms with E-state index in [4.69, 9.17) is 5.73 Å². The molecule has 0 unspecified atom stereocenters. The molecule has 0 aliphatic carbocycles. The molecule has 0 atom stereocenters. The summed E-state index contributed by atoms with van der Waals surface area (Å²) < 4.78 is 77.6. The Labute approximate surface area is 115 Å². The molecule has 2 rings (SSSR count). The van der Waals surface area contributed by atoms with Crippen molar-refractivity contribution in [3.05, 3.63) is 35.5 Å². The second-order valence-corrected chi connectivity index (χ2v) is 4.40. The molecule has 0 aliphatic rings. The highest BCUT2D eigenvalue weighted by Gasteiger charge is 2.37. The summed E-state index contributed by atoms with van der Waals surface area (Å²) in [5, 5.41) is 3.78. The molecule has 0 amide bonds. The molecule has 1 aromatic heterocycles. The number of aromatic nitrogens is 2. The number of aryl methyl sites for hydroxylation is 1. The molecular weight excluding hydrogens is 300 g/mol. The van der Waals surface area contributed by atoms with E-state index < -0.39 is 23.5 Å². The van der Waals surface area contributed by atoms with E-state index in [-0.39, 0.29) is 23.0 Å². The molecule has 0 fully saturated rings. The van der Waals surface area contributed by atoms with Gasteiger partial charge in [-0.25, -0.2) is 0 Å². The number of rotatable bonds is 1. The van der Waals surface area contributed by atoms with E-state index in [0.29, 0.717) is 12.1 Å². The van der Waals surface area contributed by atoms with Crippen molar-refractivity contribution >= 4 is 5.69 Å². The zero-order valence-electron chi connectivity index (χ0n) is 10.5. The number of nitrogens with two attached hydrogens (primary N) is 1. The van der Waals surface area contributed by atoms with Crippen LogP contribution in [0.4, 0.5) is 32.0 Å². The molecule has 1 aromatic carbocycles. The first-order valence-electron chi connectivity index (χ1n) is 5.57. The molecule has 0 saturated heterocycles. The van der Waals surface area contributed by atoms with Crippen molar-refractivity contribution in [3.8, 4) is 11.3 Å². The zero-order chi connectivity index (χ0) is 16.0. The molecule has 0 aliphatic heterocycles. The minimum atomic E-state index is -4.90. The summed E-state index contributed by atoms with van der Waals surface area (Å²) in [6.07, 6.45) is -8.51. The Balaban J connectivity index is 2.69. The van der Waals surface area contributed by atoms with Gasteiger partial charge in [0, 0.05) is 18.8 Å². The minimum absolute atomic E-state index is 0.00931. The van der Waals surface area contributed by atoms with Crippen LogP contribution in [0.15, 0.2) is 24.4 Å². The van der Waals surface area contributed by atoms with Gasteiger partial charge < -0.3 is 5.73 Å². The van der Waals surface area contributed by atoms with Crippen molar-refractivity contribution in [2.75, 3.05) is 5.73 Å². The van der Waals surface area contributed by atoms with Crippen LogP contribution in [-0.2, 0) is 19.4 Å². The smallest absolute Gasteiger partial charge is 0.396 e. The van der Waals surface area contributed by atoms with Gasteiger partial charge >= 0.3 is 12.4 Å². The summed E-state index contributed by atoms with van der Waals surface area (Å²) in [7, 11) is 1.46. The Kier molecular flexibility index (Phi) is 3.38. The highest BCUT2D eigenvalue weighted by atomic mass is 19.4. The van der Waals surface area contributed by atoms with Crippen LogP contribution in [0.1, 0.15) is 11.1 Å². The van der Waals surface area contributed by atoms with Gasteiger partial charge in [-0.1, -0.05) is 0 Å². The third kappa shape index (κ3) is 3.11. The lowest BCUT2D eigenvalue weighted by Crippen LogP contribution is -2.11. The predicted octanol–water partition coefficient (Wildman–Crippen LogP) is 3.71. The van der Waals surface area contributed by atoms with Gasteiger partial charge in [0.1, 0.15) is 5.69 Å². The predicted molar refractivity (Wildman–Crippen MR) is 63.1 cm³/mol. The van der Waals surface area contributed by atoms with Crippen LogP contribution in [0, 0.1) is 0 Å². The van der Waals surface area contributed by atoms with Gasteiger partial charge in [-0.2, -0.15) is 31.4 Å². The van der Waals surface area contributed by atoms with Gasteiger partial charge in [0.15, 0.2) is 0 Å². The SMILES string of the molecule is Cn1cc(N)c(-c2cc(C(F)(F)F)cc(C(F)(F)F)c2)n1. The van der Waals surface area contributed by atoms with E-state index >= 15 is 0 Å². The number of halogens is 6. The monoisotopic (exact) mass is 309 g/mol. The van der Waals surface area contributed by atoms with Crippen LogP contribution < -0.4 is 5.73 Å². The summed E-state index contributed by atoms with van der Waals surface area (Å²) in [5.41, 5.74) is 2.26. The second-order valence-electron chi connectivity index (χ2n) is 4.40. The molecule has 0 bridgehead atoms. The first-order chi connectivity index (χ1) is 9.48. The number of anilines is 1. The highest BCUT2D eigenvalue weighted by Crippen LogP contribution is 2.39. The topological polar surface area (TPSA) is 43.8 Å². The number of nitrogen functional groups attached to an aromatic ring is 1. The lowest BCUT2D eigenvalue weighted by atomic mass is 10.0. The first-order valence-corrected chi connectivity index (χ1v) is 5.57. The molecule has 9 heteroatoms.